The van der Waals surface area contributed by atoms with Gasteiger partial charge in [0.1, 0.15) is 0 Å². The Morgan fingerprint density at radius 2 is 0.732 bits per heavy atom. The van der Waals surface area contributed by atoms with Crippen LogP contribution in [0.4, 0.5) is 0 Å². The second kappa shape index (κ2) is 25.5. The monoisotopic (exact) mass is 726 g/mol. The van der Waals surface area contributed by atoms with Crippen LogP contribution in [0.3, 0.4) is 0 Å². The Balaban J connectivity index is 0.000000727. The van der Waals surface area contributed by atoms with E-state index in [1.165, 1.54) is 21.2 Å². The molecule has 0 spiro atoms. The van der Waals surface area contributed by atoms with Crippen molar-refractivity contribution in [3.8, 4) is 0 Å². The summed E-state index contributed by atoms with van der Waals surface area (Å²) < 4.78 is 0. The molecule has 0 bridgehead atoms. The third-order valence-corrected chi connectivity index (χ3v) is 9.63. The zero-order valence-corrected chi connectivity index (χ0v) is 30.7. The van der Waals surface area contributed by atoms with Gasteiger partial charge in [0.05, 0.1) is 0 Å². The van der Waals surface area contributed by atoms with Gasteiger partial charge in [0, 0.05) is 0 Å². The van der Waals surface area contributed by atoms with Gasteiger partial charge in [-0.05, 0) is 33.5 Å². The molecule has 0 saturated carbocycles. The van der Waals surface area contributed by atoms with Gasteiger partial charge in [0.15, 0.2) is 0 Å². The summed E-state index contributed by atoms with van der Waals surface area (Å²) in [6, 6.07) is 41.9. The smallest absolute Gasteiger partial charge is 1.00 e. The van der Waals surface area contributed by atoms with Crippen molar-refractivity contribution in [2.24, 2.45) is 0 Å². The van der Waals surface area contributed by atoms with Gasteiger partial charge in [-0.1, -0.05) is 156 Å². The molecular formula is C34H34Cl2P4Zr. The maximum Gasteiger partial charge on any atom is 4.00 e. The minimum absolute atomic E-state index is 0. The van der Waals surface area contributed by atoms with Crippen LogP contribution in [-0.2, 0) is 26.2 Å². The SMILES string of the molecule is [CH-]=C(C=CCPc1ccccc1)Pc1ccccc1.[CH-]=C(C=CCPc1ccccc1)Pc1ccccc1.[Cl-].[Cl-].[Zr+4]. The van der Waals surface area contributed by atoms with Crippen LogP contribution in [-0.4, -0.2) is 12.3 Å². The van der Waals surface area contributed by atoms with Crippen molar-refractivity contribution in [2.45, 2.75) is 0 Å². The van der Waals surface area contributed by atoms with E-state index in [1.807, 2.05) is 12.1 Å². The average molecular weight is 729 g/mol. The van der Waals surface area contributed by atoms with E-state index < -0.39 is 0 Å². The fourth-order valence-corrected chi connectivity index (χ4v) is 6.88. The predicted octanol–water partition coefficient (Wildman–Crippen LogP) is 1.74. The first-order chi connectivity index (χ1) is 18.7. The van der Waals surface area contributed by atoms with Crippen molar-refractivity contribution in [2.75, 3.05) is 12.3 Å². The summed E-state index contributed by atoms with van der Waals surface area (Å²) in [6.45, 7) is 12.1. The molecule has 0 aromatic heterocycles. The van der Waals surface area contributed by atoms with Crippen LogP contribution in [0, 0.1) is 13.2 Å². The summed E-state index contributed by atoms with van der Waals surface area (Å²) in [6.07, 6.45) is 10.6. The van der Waals surface area contributed by atoms with Crippen molar-refractivity contribution in [1.82, 2.24) is 0 Å². The largest absolute Gasteiger partial charge is 4.00 e. The van der Waals surface area contributed by atoms with E-state index >= 15 is 0 Å². The molecule has 208 valence electrons. The van der Waals surface area contributed by atoms with Crippen LogP contribution in [0.15, 0.2) is 156 Å². The molecule has 0 saturated heterocycles. The molecule has 41 heavy (non-hydrogen) atoms. The van der Waals surface area contributed by atoms with Crippen LogP contribution in [0.1, 0.15) is 0 Å². The minimum Gasteiger partial charge on any atom is -1.00 e. The van der Waals surface area contributed by atoms with Gasteiger partial charge in [-0.15, -0.1) is 0 Å². The molecule has 7 heteroatoms. The summed E-state index contributed by atoms with van der Waals surface area (Å²) in [7, 11) is 2.77. The summed E-state index contributed by atoms with van der Waals surface area (Å²) >= 11 is 0. The normalized spacial score (nSPS) is 11.1. The summed E-state index contributed by atoms with van der Waals surface area (Å²) in [5.41, 5.74) is 0. The Labute approximate surface area is 286 Å². The number of benzene rings is 4. The fraction of sp³-hybridized carbons (Fsp3) is 0.0588. The van der Waals surface area contributed by atoms with Gasteiger partial charge >= 0.3 is 26.2 Å². The van der Waals surface area contributed by atoms with E-state index in [0.29, 0.717) is 17.2 Å². The predicted molar refractivity (Wildman–Crippen MR) is 181 cm³/mol. The summed E-state index contributed by atoms with van der Waals surface area (Å²) in [5.74, 6) is 0. The van der Waals surface area contributed by atoms with E-state index in [-0.39, 0.29) is 51.0 Å². The van der Waals surface area contributed by atoms with Crippen molar-refractivity contribution >= 4 is 55.5 Å². The molecular weight excluding hydrogens is 694 g/mol. The van der Waals surface area contributed by atoms with Gasteiger partial charge in [-0.2, -0.15) is 12.2 Å². The van der Waals surface area contributed by atoms with E-state index in [4.69, 9.17) is 13.2 Å². The maximum atomic E-state index is 6.03. The average Bonchev–Trinajstić information content (AvgIpc) is 2.96. The van der Waals surface area contributed by atoms with Crippen LogP contribution >= 0.6 is 34.3 Å². The van der Waals surface area contributed by atoms with E-state index in [9.17, 15) is 0 Å². The Morgan fingerprint density at radius 3 is 1.02 bits per heavy atom. The van der Waals surface area contributed by atoms with Crippen LogP contribution in [0.25, 0.3) is 0 Å². The molecule has 4 aromatic rings. The molecule has 0 aliphatic rings. The molecule has 0 N–H and O–H groups in total. The second-order valence-electron chi connectivity index (χ2n) is 8.19. The minimum atomic E-state index is 0. The topological polar surface area (TPSA) is 0 Å². The van der Waals surface area contributed by atoms with Crippen LogP contribution in [0.5, 0.6) is 0 Å². The quantitative estimate of drug-likeness (QED) is 0.119. The number of allylic oxidation sites excluding steroid dienone is 6. The Kier molecular flexibility index (Phi) is 24.9. The zero-order chi connectivity index (χ0) is 26.7. The van der Waals surface area contributed by atoms with Crippen LogP contribution in [0.2, 0.25) is 0 Å². The van der Waals surface area contributed by atoms with Gasteiger partial charge < -0.3 is 24.8 Å². The third kappa shape index (κ3) is 19.0. The molecule has 0 radical (unpaired) electrons. The van der Waals surface area contributed by atoms with E-state index in [1.54, 1.807) is 0 Å². The fourth-order valence-electron chi connectivity index (χ4n) is 3.30. The first-order valence-corrected chi connectivity index (χ1v) is 16.9. The third-order valence-electron chi connectivity index (χ3n) is 5.12. The molecule has 0 fully saturated rings. The second-order valence-corrected chi connectivity index (χ2v) is 13.7. The Morgan fingerprint density at radius 1 is 0.463 bits per heavy atom. The van der Waals surface area contributed by atoms with Gasteiger partial charge in [0.2, 0.25) is 0 Å². The van der Waals surface area contributed by atoms with Gasteiger partial charge in [-0.3, -0.25) is 13.2 Å². The number of hydrogen-bond acceptors (Lipinski definition) is 0. The van der Waals surface area contributed by atoms with Crippen LogP contribution < -0.4 is 46.0 Å². The molecule has 4 aromatic carbocycles. The molecule has 0 nitrogen and oxygen atoms in total. The zero-order valence-electron chi connectivity index (χ0n) is 22.7. The summed E-state index contributed by atoms with van der Waals surface area (Å²) in [4.78, 5) is 0. The first-order valence-electron chi connectivity index (χ1n) is 12.5. The van der Waals surface area contributed by atoms with E-state index in [2.05, 4.69) is 133 Å². The molecule has 0 aliphatic carbocycles. The van der Waals surface area contributed by atoms with Gasteiger partial charge in [0.25, 0.3) is 0 Å². The molecule has 0 heterocycles. The molecule has 4 rings (SSSR count). The number of rotatable bonds is 12. The van der Waals surface area contributed by atoms with Gasteiger partial charge in [-0.25, -0.2) is 22.8 Å². The number of halogens is 2. The van der Waals surface area contributed by atoms with Crippen molar-refractivity contribution in [1.29, 1.82) is 0 Å². The summed E-state index contributed by atoms with van der Waals surface area (Å²) in [5, 5.41) is 7.27. The Bertz CT molecular complexity index is 1180. The van der Waals surface area contributed by atoms with E-state index in [0.717, 1.165) is 40.1 Å². The Hall–Kier alpha value is -0.977. The number of hydrogen-bond donors (Lipinski definition) is 0. The molecule has 4 unspecified atom stereocenters. The maximum absolute atomic E-state index is 6.03. The van der Waals surface area contributed by atoms with Crippen molar-refractivity contribution in [3.05, 3.63) is 169 Å². The molecule has 0 amide bonds. The van der Waals surface area contributed by atoms with Crippen molar-refractivity contribution in [3.63, 3.8) is 0 Å². The standard InChI is InChI=1S/2C17H17P2.2ClH.Zr/c2*1-15(19-17-12-6-3-7-13-17)9-8-14-18-16-10-4-2-5-11-16;;;/h2*1-13,18-19H,14H2;2*1H;/q2*-1;;;+4/p-2. The van der Waals surface area contributed by atoms with Crippen molar-refractivity contribution < 1.29 is 51.0 Å². The molecule has 0 aliphatic heterocycles. The molecule has 4 atom stereocenters. The first kappa shape index (κ1) is 40.0.